The van der Waals surface area contributed by atoms with Crippen LogP contribution in [0.15, 0.2) is 65.2 Å². The summed E-state index contributed by atoms with van der Waals surface area (Å²) in [6.07, 6.45) is 5.05. The summed E-state index contributed by atoms with van der Waals surface area (Å²) in [5, 5.41) is 11.3. The van der Waals surface area contributed by atoms with Gasteiger partial charge in [-0.3, -0.25) is 4.79 Å². The summed E-state index contributed by atoms with van der Waals surface area (Å²) in [5.41, 5.74) is 5.24. The molecule has 1 N–H and O–H groups in total. The summed E-state index contributed by atoms with van der Waals surface area (Å²) < 4.78 is 5.73. The number of carbonyl (C=O) groups excluding carboxylic acids is 1. The Hall–Kier alpha value is -3.87. The first kappa shape index (κ1) is 21.0. The van der Waals surface area contributed by atoms with E-state index in [2.05, 4.69) is 20.5 Å². The molecule has 2 aromatic heterocycles. The van der Waals surface area contributed by atoms with E-state index in [0.29, 0.717) is 24.6 Å². The molecule has 1 atom stereocenters. The van der Waals surface area contributed by atoms with Crippen molar-refractivity contribution in [3.05, 3.63) is 83.5 Å². The van der Waals surface area contributed by atoms with Crippen LogP contribution in [-0.4, -0.2) is 32.1 Å². The third-order valence-electron chi connectivity index (χ3n) is 5.88. The minimum Gasteiger partial charge on any atom is -0.421 e. The number of rotatable bonds is 6. The summed E-state index contributed by atoms with van der Waals surface area (Å²) in [6, 6.07) is 18.0. The van der Waals surface area contributed by atoms with E-state index in [1.807, 2.05) is 67.7 Å². The zero-order valence-corrected chi connectivity index (χ0v) is 18.5. The van der Waals surface area contributed by atoms with Crippen LogP contribution < -0.4 is 5.32 Å². The van der Waals surface area contributed by atoms with E-state index in [1.165, 1.54) is 5.56 Å². The van der Waals surface area contributed by atoms with Gasteiger partial charge in [0.05, 0.1) is 0 Å². The van der Waals surface area contributed by atoms with E-state index in [-0.39, 0.29) is 11.9 Å². The molecule has 5 rings (SSSR count). The van der Waals surface area contributed by atoms with Gasteiger partial charge in [0.2, 0.25) is 17.7 Å². The molecular formula is C26H25N5O2. The highest BCUT2D eigenvalue weighted by molar-refractivity contribution is 5.76. The van der Waals surface area contributed by atoms with Gasteiger partial charge in [0, 0.05) is 41.9 Å². The van der Waals surface area contributed by atoms with Crippen molar-refractivity contribution in [2.75, 3.05) is 0 Å². The quantitative estimate of drug-likeness (QED) is 0.486. The van der Waals surface area contributed by atoms with Gasteiger partial charge in [-0.2, -0.15) is 0 Å². The predicted molar refractivity (Wildman–Crippen MR) is 124 cm³/mol. The SMILES string of the molecule is Cc1ccc(-c2nnc(CCC(=O)N[C@H]3CCc4nc(-c5ccccc5)ncc4C3)o2)cc1. The molecule has 33 heavy (non-hydrogen) atoms. The van der Waals surface area contributed by atoms with Crippen molar-refractivity contribution in [1.29, 1.82) is 0 Å². The fourth-order valence-corrected chi connectivity index (χ4v) is 4.04. The van der Waals surface area contributed by atoms with Crippen LogP contribution in [0.4, 0.5) is 0 Å². The number of hydrogen-bond acceptors (Lipinski definition) is 6. The Morgan fingerprint density at radius 1 is 1.06 bits per heavy atom. The number of nitrogens with zero attached hydrogens (tertiary/aromatic N) is 4. The first-order valence-electron chi connectivity index (χ1n) is 11.2. The molecule has 1 aliphatic rings. The molecular weight excluding hydrogens is 414 g/mol. The summed E-state index contributed by atoms with van der Waals surface area (Å²) in [5.74, 6) is 1.68. The lowest BCUT2D eigenvalue weighted by atomic mass is 9.92. The normalized spacial score (nSPS) is 15.1. The minimum absolute atomic E-state index is 0.0136. The van der Waals surface area contributed by atoms with Gasteiger partial charge in [-0.15, -0.1) is 10.2 Å². The molecule has 2 heterocycles. The molecule has 166 valence electrons. The lowest BCUT2D eigenvalue weighted by molar-refractivity contribution is -0.121. The number of carbonyl (C=O) groups is 1. The van der Waals surface area contributed by atoms with E-state index in [1.54, 1.807) is 0 Å². The highest BCUT2D eigenvalue weighted by Crippen LogP contribution is 2.23. The van der Waals surface area contributed by atoms with Crippen LogP contribution >= 0.6 is 0 Å². The van der Waals surface area contributed by atoms with E-state index in [0.717, 1.165) is 47.5 Å². The maximum atomic E-state index is 12.5. The van der Waals surface area contributed by atoms with Crippen LogP contribution in [0.5, 0.6) is 0 Å². The molecule has 0 saturated carbocycles. The lowest BCUT2D eigenvalue weighted by Crippen LogP contribution is -2.39. The maximum absolute atomic E-state index is 12.5. The molecule has 1 amide bonds. The average Bonchev–Trinajstić information content (AvgIpc) is 3.32. The second-order valence-corrected chi connectivity index (χ2v) is 8.41. The highest BCUT2D eigenvalue weighted by atomic mass is 16.4. The van der Waals surface area contributed by atoms with E-state index in [9.17, 15) is 4.79 Å². The van der Waals surface area contributed by atoms with Crippen molar-refractivity contribution in [2.24, 2.45) is 0 Å². The summed E-state index contributed by atoms with van der Waals surface area (Å²) in [6.45, 7) is 2.03. The topological polar surface area (TPSA) is 93.8 Å². The lowest BCUT2D eigenvalue weighted by Gasteiger charge is -2.24. The second kappa shape index (κ2) is 9.32. The Morgan fingerprint density at radius 3 is 2.70 bits per heavy atom. The second-order valence-electron chi connectivity index (χ2n) is 8.41. The smallest absolute Gasteiger partial charge is 0.247 e. The fraction of sp³-hybridized carbons (Fsp3) is 0.269. The van der Waals surface area contributed by atoms with Crippen molar-refractivity contribution in [2.45, 2.75) is 45.1 Å². The van der Waals surface area contributed by atoms with Crippen LogP contribution in [0.3, 0.4) is 0 Å². The number of aromatic nitrogens is 4. The Morgan fingerprint density at radius 2 is 1.88 bits per heavy atom. The van der Waals surface area contributed by atoms with Crippen molar-refractivity contribution >= 4 is 5.91 Å². The molecule has 4 aromatic rings. The highest BCUT2D eigenvalue weighted by Gasteiger charge is 2.22. The van der Waals surface area contributed by atoms with Gasteiger partial charge in [-0.05, 0) is 43.9 Å². The molecule has 0 aliphatic heterocycles. The van der Waals surface area contributed by atoms with Crippen molar-refractivity contribution < 1.29 is 9.21 Å². The summed E-state index contributed by atoms with van der Waals surface area (Å²) in [7, 11) is 0. The third kappa shape index (κ3) is 4.98. The standard InChI is InChI=1S/C26H25N5O2/c1-17-7-9-19(10-8-17)26-31-30-24(33-26)14-13-23(32)28-21-11-12-22-20(15-21)16-27-25(29-22)18-5-3-2-4-6-18/h2-10,16,21H,11-15H2,1H3,(H,28,32)/t21-/m0/s1. The van der Waals surface area contributed by atoms with Crippen LogP contribution in [0.2, 0.25) is 0 Å². The van der Waals surface area contributed by atoms with E-state index in [4.69, 9.17) is 9.40 Å². The van der Waals surface area contributed by atoms with Gasteiger partial charge in [-0.1, -0.05) is 48.0 Å². The molecule has 0 fully saturated rings. The van der Waals surface area contributed by atoms with Gasteiger partial charge in [0.1, 0.15) is 0 Å². The molecule has 0 spiro atoms. The largest absolute Gasteiger partial charge is 0.421 e. The first-order chi connectivity index (χ1) is 16.1. The number of aryl methyl sites for hydroxylation is 3. The van der Waals surface area contributed by atoms with Gasteiger partial charge in [0.25, 0.3) is 0 Å². The number of nitrogens with one attached hydrogen (secondary N) is 1. The van der Waals surface area contributed by atoms with E-state index < -0.39 is 0 Å². The monoisotopic (exact) mass is 439 g/mol. The molecule has 0 radical (unpaired) electrons. The molecule has 7 nitrogen and oxygen atoms in total. The Kier molecular flexibility index (Phi) is 5.93. The summed E-state index contributed by atoms with van der Waals surface area (Å²) in [4.78, 5) is 21.8. The number of fused-ring (bicyclic) bond motifs is 1. The zero-order chi connectivity index (χ0) is 22.6. The summed E-state index contributed by atoms with van der Waals surface area (Å²) >= 11 is 0. The van der Waals surface area contributed by atoms with Crippen molar-refractivity contribution in [3.63, 3.8) is 0 Å². The van der Waals surface area contributed by atoms with Gasteiger partial charge < -0.3 is 9.73 Å². The van der Waals surface area contributed by atoms with Gasteiger partial charge >= 0.3 is 0 Å². The Labute approximate surface area is 192 Å². The molecule has 7 heteroatoms. The Balaban J connectivity index is 1.14. The van der Waals surface area contributed by atoms with Crippen LogP contribution in [0.1, 0.15) is 35.6 Å². The minimum atomic E-state index is -0.0136. The van der Waals surface area contributed by atoms with Crippen LogP contribution in [-0.2, 0) is 24.1 Å². The van der Waals surface area contributed by atoms with Crippen LogP contribution in [0, 0.1) is 6.92 Å². The third-order valence-corrected chi connectivity index (χ3v) is 5.88. The number of amides is 1. The molecule has 1 aliphatic carbocycles. The van der Waals surface area contributed by atoms with Crippen LogP contribution in [0.25, 0.3) is 22.8 Å². The number of hydrogen-bond donors (Lipinski definition) is 1. The maximum Gasteiger partial charge on any atom is 0.247 e. The Bertz CT molecular complexity index is 1250. The van der Waals surface area contributed by atoms with E-state index >= 15 is 0 Å². The molecule has 0 unspecified atom stereocenters. The average molecular weight is 440 g/mol. The number of benzene rings is 2. The van der Waals surface area contributed by atoms with Gasteiger partial charge in [-0.25, -0.2) is 9.97 Å². The first-order valence-corrected chi connectivity index (χ1v) is 11.2. The zero-order valence-electron chi connectivity index (χ0n) is 18.5. The molecule has 2 aromatic carbocycles. The predicted octanol–water partition coefficient (Wildman–Crippen LogP) is 4.11. The molecule has 0 saturated heterocycles. The van der Waals surface area contributed by atoms with Crippen molar-refractivity contribution in [1.82, 2.24) is 25.5 Å². The molecule has 0 bridgehead atoms. The van der Waals surface area contributed by atoms with Gasteiger partial charge in [0.15, 0.2) is 5.82 Å². The fourth-order valence-electron chi connectivity index (χ4n) is 4.04. The van der Waals surface area contributed by atoms with Crippen molar-refractivity contribution in [3.8, 4) is 22.8 Å².